The fourth-order valence-corrected chi connectivity index (χ4v) is 5.71. The third-order valence-electron chi connectivity index (χ3n) is 6.94. The third-order valence-corrected chi connectivity index (χ3v) is 7.45. The lowest BCUT2D eigenvalue weighted by atomic mass is 9.65. The Hall–Kier alpha value is 0.280. The lowest BCUT2D eigenvalue weighted by Crippen LogP contribution is -2.36. The molecule has 0 aromatic rings. The zero-order valence-corrected chi connectivity index (χ0v) is 14.5. The fraction of sp³-hybridized carbons (Fsp3) is 1.00. The van der Waals surface area contributed by atoms with Crippen molar-refractivity contribution in [2.24, 2.45) is 29.6 Å². The van der Waals surface area contributed by atoms with E-state index < -0.39 is 6.17 Å². The molecule has 0 spiro atoms. The van der Waals surface area contributed by atoms with E-state index in [1.165, 1.54) is 64.2 Å². The second-order valence-electron chi connectivity index (χ2n) is 8.34. The Balaban J connectivity index is 1.50. The number of alkyl halides is 1. The first-order valence-electron chi connectivity index (χ1n) is 9.45. The molecule has 0 N–H and O–H groups in total. The lowest BCUT2D eigenvalue weighted by molar-refractivity contribution is 0.0396. The molecule has 3 unspecified atom stereocenters. The van der Waals surface area contributed by atoms with Crippen LogP contribution in [0.3, 0.4) is 0 Å². The first-order chi connectivity index (χ1) is 10.1. The van der Waals surface area contributed by atoms with Crippen molar-refractivity contribution in [3.63, 3.8) is 0 Å². The predicted octanol–water partition coefficient (Wildman–Crippen LogP) is 6.06. The van der Waals surface area contributed by atoms with E-state index in [0.717, 1.165) is 18.3 Å². The zero-order chi connectivity index (χ0) is 14.8. The van der Waals surface area contributed by atoms with E-state index in [-0.39, 0.29) is 0 Å². The molecule has 3 saturated carbocycles. The number of hydrogen-bond donors (Lipinski definition) is 1. The van der Waals surface area contributed by atoms with Gasteiger partial charge in [-0.1, -0.05) is 19.8 Å². The smallest absolute Gasteiger partial charge is 0.103 e. The lowest BCUT2D eigenvalue weighted by Gasteiger charge is -2.42. The van der Waals surface area contributed by atoms with Gasteiger partial charge in [0.25, 0.3) is 0 Å². The molecule has 0 saturated heterocycles. The minimum absolute atomic E-state index is 0.379. The van der Waals surface area contributed by atoms with Gasteiger partial charge in [0, 0.05) is 5.25 Å². The van der Waals surface area contributed by atoms with Gasteiger partial charge in [-0.3, -0.25) is 0 Å². The molecule has 0 nitrogen and oxygen atoms in total. The third kappa shape index (κ3) is 3.98. The van der Waals surface area contributed by atoms with Gasteiger partial charge in [0.2, 0.25) is 0 Å². The average Bonchev–Trinajstić information content (AvgIpc) is 2.49. The van der Waals surface area contributed by atoms with Crippen LogP contribution in [0.5, 0.6) is 0 Å². The maximum absolute atomic E-state index is 14.8. The van der Waals surface area contributed by atoms with Crippen molar-refractivity contribution in [2.45, 2.75) is 89.0 Å². The van der Waals surface area contributed by atoms with Crippen molar-refractivity contribution in [1.29, 1.82) is 0 Å². The second-order valence-corrected chi connectivity index (χ2v) is 9.07. The summed E-state index contributed by atoms with van der Waals surface area (Å²) < 4.78 is 14.8. The zero-order valence-electron chi connectivity index (χ0n) is 13.6. The van der Waals surface area contributed by atoms with Crippen molar-refractivity contribution in [1.82, 2.24) is 0 Å². The van der Waals surface area contributed by atoms with Gasteiger partial charge in [0.15, 0.2) is 0 Å². The highest BCUT2D eigenvalue weighted by Gasteiger charge is 2.39. The molecular weight excluding hydrogens is 279 g/mol. The Morgan fingerprint density at radius 1 is 0.714 bits per heavy atom. The van der Waals surface area contributed by atoms with Gasteiger partial charge >= 0.3 is 0 Å². The summed E-state index contributed by atoms with van der Waals surface area (Å²) in [4.78, 5) is 0. The number of thiol groups is 1. The van der Waals surface area contributed by atoms with Crippen LogP contribution >= 0.6 is 12.6 Å². The van der Waals surface area contributed by atoms with E-state index in [1.807, 2.05) is 0 Å². The van der Waals surface area contributed by atoms with Crippen LogP contribution in [0.1, 0.15) is 77.6 Å². The number of hydrogen-bond acceptors (Lipinski definition) is 1. The van der Waals surface area contributed by atoms with E-state index in [0.29, 0.717) is 23.0 Å². The quantitative estimate of drug-likeness (QED) is 0.589. The molecule has 3 aliphatic carbocycles. The highest BCUT2D eigenvalue weighted by Crippen LogP contribution is 2.46. The monoisotopic (exact) mass is 312 g/mol. The van der Waals surface area contributed by atoms with Gasteiger partial charge in [-0.25, -0.2) is 4.39 Å². The van der Waals surface area contributed by atoms with Crippen molar-refractivity contribution in [2.75, 3.05) is 0 Å². The molecule has 0 bridgehead atoms. The molecule has 122 valence electrons. The summed E-state index contributed by atoms with van der Waals surface area (Å²) in [7, 11) is 0. The fourth-order valence-electron chi connectivity index (χ4n) is 5.42. The summed E-state index contributed by atoms with van der Waals surface area (Å²) in [5, 5.41) is 0.583. The number of rotatable bonds is 2. The van der Waals surface area contributed by atoms with E-state index >= 15 is 0 Å². The van der Waals surface area contributed by atoms with Gasteiger partial charge in [0.1, 0.15) is 6.17 Å². The van der Waals surface area contributed by atoms with Crippen LogP contribution in [0.4, 0.5) is 4.39 Å². The predicted molar refractivity (Wildman–Crippen MR) is 91.6 cm³/mol. The van der Waals surface area contributed by atoms with Crippen LogP contribution in [0.15, 0.2) is 0 Å². The van der Waals surface area contributed by atoms with Crippen LogP contribution in [0, 0.1) is 29.6 Å². The molecule has 0 radical (unpaired) electrons. The van der Waals surface area contributed by atoms with Gasteiger partial charge in [-0.2, -0.15) is 12.6 Å². The second kappa shape index (κ2) is 7.23. The van der Waals surface area contributed by atoms with Crippen molar-refractivity contribution in [3.05, 3.63) is 0 Å². The van der Waals surface area contributed by atoms with Crippen molar-refractivity contribution in [3.8, 4) is 0 Å². The number of halogens is 1. The van der Waals surface area contributed by atoms with Gasteiger partial charge in [0.05, 0.1) is 0 Å². The Morgan fingerprint density at radius 3 is 1.90 bits per heavy atom. The minimum atomic E-state index is -0.510. The first-order valence-corrected chi connectivity index (χ1v) is 9.97. The normalized spacial score (nSPS) is 49.0. The summed E-state index contributed by atoms with van der Waals surface area (Å²) in [5.74, 6) is 3.49. The summed E-state index contributed by atoms with van der Waals surface area (Å²) in [6, 6.07) is 0. The first kappa shape index (κ1) is 16.1. The van der Waals surface area contributed by atoms with Gasteiger partial charge in [-0.15, -0.1) is 0 Å². The van der Waals surface area contributed by atoms with Crippen LogP contribution in [0.25, 0.3) is 0 Å². The maximum Gasteiger partial charge on any atom is 0.103 e. The van der Waals surface area contributed by atoms with E-state index in [4.69, 9.17) is 0 Å². The molecule has 3 aliphatic rings. The molecule has 0 heterocycles. The Kier molecular flexibility index (Phi) is 5.56. The van der Waals surface area contributed by atoms with Gasteiger partial charge < -0.3 is 0 Å². The molecule has 3 fully saturated rings. The van der Waals surface area contributed by atoms with Crippen LogP contribution in [0.2, 0.25) is 0 Å². The highest BCUT2D eigenvalue weighted by molar-refractivity contribution is 7.80. The molecule has 3 rings (SSSR count). The summed E-state index contributed by atoms with van der Waals surface area (Å²) in [6.07, 6.45) is 13.2. The van der Waals surface area contributed by atoms with Crippen LogP contribution in [-0.2, 0) is 0 Å². The summed E-state index contributed by atoms with van der Waals surface area (Å²) in [5.41, 5.74) is 0. The van der Waals surface area contributed by atoms with Gasteiger partial charge in [-0.05, 0) is 87.4 Å². The summed E-state index contributed by atoms with van der Waals surface area (Å²) >= 11 is 4.59. The van der Waals surface area contributed by atoms with E-state index in [9.17, 15) is 4.39 Å². The van der Waals surface area contributed by atoms with Crippen molar-refractivity contribution >= 4 is 12.6 Å². The molecule has 2 heteroatoms. The topological polar surface area (TPSA) is 0 Å². The van der Waals surface area contributed by atoms with Crippen molar-refractivity contribution < 1.29 is 4.39 Å². The molecule has 0 aromatic carbocycles. The summed E-state index contributed by atoms with van der Waals surface area (Å²) in [6.45, 7) is 2.38. The molecule has 21 heavy (non-hydrogen) atoms. The molecule has 0 amide bonds. The molecule has 0 aliphatic heterocycles. The van der Waals surface area contributed by atoms with E-state index in [1.54, 1.807) is 0 Å². The van der Waals surface area contributed by atoms with Crippen LogP contribution < -0.4 is 0 Å². The standard InChI is InChI=1S/C19H33FS/c1-13-2-4-14(5-3-13)16-8-11-18(19(20)12-16)15-6-9-17(21)10-7-15/h13-19,21H,2-12H2,1H3. The molecule has 3 atom stereocenters. The largest absolute Gasteiger partial charge is 0.247 e. The highest BCUT2D eigenvalue weighted by atomic mass is 32.1. The van der Waals surface area contributed by atoms with E-state index in [2.05, 4.69) is 19.6 Å². The Morgan fingerprint density at radius 2 is 1.29 bits per heavy atom. The molecule has 0 aromatic heterocycles. The Bertz CT molecular complexity index is 316. The Labute approximate surface area is 136 Å². The SMILES string of the molecule is CC1CCC(C2CCC(C3CCC(S)CC3)C(F)C2)CC1. The minimum Gasteiger partial charge on any atom is -0.247 e. The maximum atomic E-state index is 14.8. The van der Waals surface area contributed by atoms with Crippen LogP contribution in [-0.4, -0.2) is 11.4 Å². The molecular formula is C19H33FS. The average molecular weight is 313 g/mol.